The van der Waals surface area contributed by atoms with Gasteiger partial charge in [-0.1, -0.05) is 5.16 Å². The van der Waals surface area contributed by atoms with Crippen molar-refractivity contribution in [2.75, 3.05) is 0 Å². The molecule has 0 unspecified atom stereocenters. The molecule has 0 aliphatic heterocycles. The Morgan fingerprint density at radius 3 is 2.88 bits per heavy atom. The van der Waals surface area contributed by atoms with Crippen LogP contribution in [0.1, 0.15) is 23.7 Å². The van der Waals surface area contributed by atoms with E-state index >= 15 is 0 Å². The van der Waals surface area contributed by atoms with Gasteiger partial charge in [-0.25, -0.2) is 4.98 Å². The highest BCUT2D eigenvalue weighted by Crippen LogP contribution is 2.32. The van der Waals surface area contributed by atoms with Crippen LogP contribution in [-0.2, 0) is 13.0 Å². The summed E-state index contributed by atoms with van der Waals surface area (Å²) < 4.78 is 5.18. The maximum absolute atomic E-state index is 5.50. The Morgan fingerprint density at radius 1 is 1.41 bits per heavy atom. The van der Waals surface area contributed by atoms with Crippen LogP contribution in [0.15, 0.2) is 9.90 Å². The highest BCUT2D eigenvalue weighted by molar-refractivity contribution is 7.09. The fraction of sp³-hybridized carbons (Fsp3) is 0.500. The Kier molecular flexibility index (Phi) is 3.76. The largest absolute Gasteiger partial charge is 0.332 e. The van der Waals surface area contributed by atoms with Gasteiger partial charge >= 0.3 is 0 Å². The Hall–Kier alpha value is -0.980. The molecule has 2 aromatic heterocycles. The Labute approximate surface area is 109 Å². The summed E-state index contributed by atoms with van der Waals surface area (Å²) in [5.74, 6) is 2.06. The van der Waals surface area contributed by atoms with Gasteiger partial charge in [0, 0.05) is 18.3 Å². The van der Waals surface area contributed by atoms with Crippen molar-refractivity contribution in [3.8, 4) is 11.6 Å². The Bertz CT molecular complexity index is 494. The molecule has 7 heteroatoms. The Morgan fingerprint density at radius 2 is 2.24 bits per heavy atom. The van der Waals surface area contributed by atoms with Crippen molar-refractivity contribution in [3.63, 3.8) is 0 Å². The average Bonchev–Trinajstić information content (AvgIpc) is 2.83. The smallest absolute Gasteiger partial charge is 0.277 e. The van der Waals surface area contributed by atoms with Crippen LogP contribution in [0.4, 0.5) is 0 Å². The summed E-state index contributed by atoms with van der Waals surface area (Å²) in [6.07, 6.45) is 3.51. The molecule has 1 aliphatic rings. The van der Waals surface area contributed by atoms with E-state index in [-0.39, 0.29) is 12.4 Å². The van der Waals surface area contributed by atoms with Gasteiger partial charge in [0.05, 0.1) is 0 Å². The van der Waals surface area contributed by atoms with Crippen LogP contribution < -0.4 is 5.73 Å². The Balaban J connectivity index is 0.00000108. The molecular weight excluding hydrogens is 260 g/mol. The molecule has 2 aromatic rings. The SMILES string of the molecule is Cl.NCc1nc(-c2nc(CC3CC3)no2)cs1. The number of hydrogen-bond donors (Lipinski definition) is 1. The van der Waals surface area contributed by atoms with E-state index in [1.54, 1.807) is 0 Å². The minimum Gasteiger partial charge on any atom is -0.332 e. The van der Waals surface area contributed by atoms with E-state index in [1.807, 2.05) is 5.38 Å². The average molecular weight is 273 g/mol. The number of thiazole rings is 1. The maximum Gasteiger partial charge on any atom is 0.277 e. The van der Waals surface area contributed by atoms with Crippen molar-refractivity contribution < 1.29 is 4.52 Å². The zero-order valence-electron chi connectivity index (χ0n) is 9.13. The van der Waals surface area contributed by atoms with E-state index in [0.717, 1.165) is 28.9 Å². The summed E-state index contributed by atoms with van der Waals surface area (Å²) in [5, 5.41) is 6.74. The van der Waals surface area contributed by atoms with Crippen LogP contribution in [0.25, 0.3) is 11.6 Å². The lowest BCUT2D eigenvalue weighted by Gasteiger charge is -1.86. The molecule has 1 saturated carbocycles. The van der Waals surface area contributed by atoms with Crippen molar-refractivity contribution in [2.45, 2.75) is 25.8 Å². The second-order valence-corrected chi connectivity index (χ2v) is 4.94. The van der Waals surface area contributed by atoms with E-state index in [2.05, 4.69) is 15.1 Å². The van der Waals surface area contributed by atoms with Crippen molar-refractivity contribution in [1.82, 2.24) is 15.1 Å². The van der Waals surface area contributed by atoms with Crippen LogP contribution in [0.5, 0.6) is 0 Å². The summed E-state index contributed by atoms with van der Waals surface area (Å²) >= 11 is 1.52. The van der Waals surface area contributed by atoms with Gasteiger partial charge in [-0.3, -0.25) is 0 Å². The first-order valence-electron chi connectivity index (χ1n) is 5.32. The highest BCUT2D eigenvalue weighted by Gasteiger charge is 2.24. The molecular formula is C10H13ClN4OS. The van der Waals surface area contributed by atoms with Crippen molar-refractivity contribution in [3.05, 3.63) is 16.2 Å². The molecule has 17 heavy (non-hydrogen) atoms. The first-order chi connectivity index (χ1) is 7.85. The summed E-state index contributed by atoms with van der Waals surface area (Å²) in [7, 11) is 0. The van der Waals surface area contributed by atoms with Gasteiger partial charge in [-0.2, -0.15) is 4.98 Å². The lowest BCUT2D eigenvalue weighted by Crippen LogP contribution is -1.94. The van der Waals surface area contributed by atoms with Crippen LogP contribution in [0.2, 0.25) is 0 Å². The van der Waals surface area contributed by atoms with Gasteiger partial charge in [0.2, 0.25) is 0 Å². The molecule has 5 nitrogen and oxygen atoms in total. The molecule has 3 rings (SSSR count). The quantitative estimate of drug-likeness (QED) is 0.921. The topological polar surface area (TPSA) is 77.8 Å². The van der Waals surface area contributed by atoms with E-state index in [9.17, 15) is 0 Å². The second-order valence-electron chi connectivity index (χ2n) is 3.99. The van der Waals surface area contributed by atoms with Gasteiger partial charge < -0.3 is 10.3 Å². The third-order valence-corrected chi connectivity index (χ3v) is 3.45. The van der Waals surface area contributed by atoms with Gasteiger partial charge in [0.25, 0.3) is 5.89 Å². The molecule has 92 valence electrons. The molecule has 2 heterocycles. The third kappa shape index (κ3) is 2.83. The maximum atomic E-state index is 5.50. The zero-order chi connectivity index (χ0) is 11.0. The van der Waals surface area contributed by atoms with E-state index in [1.165, 1.54) is 24.2 Å². The normalized spacial score (nSPS) is 14.6. The first kappa shape index (κ1) is 12.5. The number of hydrogen-bond acceptors (Lipinski definition) is 6. The first-order valence-corrected chi connectivity index (χ1v) is 6.20. The predicted molar refractivity (Wildman–Crippen MR) is 67.0 cm³/mol. The van der Waals surface area contributed by atoms with Gasteiger partial charge in [-0.05, 0) is 18.8 Å². The molecule has 1 fully saturated rings. The number of aromatic nitrogens is 3. The monoisotopic (exact) mass is 272 g/mol. The van der Waals surface area contributed by atoms with Crippen LogP contribution >= 0.6 is 23.7 Å². The van der Waals surface area contributed by atoms with Gasteiger partial charge in [-0.15, -0.1) is 23.7 Å². The fourth-order valence-corrected chi connectivity index (χ4v) is 2.17. The molecule has 1 aliphatic carbocycles. The van der Waals surface area contributed by atoms with Crippen LogP contribution in [0, 0.1) is 5.92 Å². The van der Waals surface area contributed by atoms with Crippen molar-refractivity contribution in [2.24, 2.45) is 11.7 Å². The van der Waals surface area contributed by atoms with E-state index in [4.69, 9.17) is 10.3 Å². The number of halogens is 1. The zero-order valence-corrected chi connectivity index (χ0v) is 10.8. The van der Waals surface area contributed by atoms with Gasteiger partial charge in [0.1, 0.15) is 10.7 Å². The highest BCUT2D eigenvalue weighted by atomic mass is 35.5. The second kappa shape index (κ2) is 5.12. The molecule has 0 aromatic carbocycles. The van der Waals surface area contributed by atoms with Crippen LogP contribution in [-0.4, -0.2) is 15.1 Å². The molecule has 0 amide bonds. The van der Waals surface area contributed by atoms with E-state index in [0.29, 0.717) is 12.4 Å². The fourth-order valence-electron chi connectivity index (χ4n) is 1.52. The standard InChI is InChI=1S/C10H12N4OS.ClH/c11-4-9-12-7(5-16-9)10-13-8(14-15-10)3-6-1-2-6;/h5-6H,1-4,11H2;1H. The predicted octanol–water partition coefficient (Wildman–Crippen LogP) is 2.03. The molecule has 0 atom stereocenters. The lowest BCUT2D eigenvalue weighted by molar-refractivity contribution is 0.420. The number of rotatable bonds is 4. The summed E-state index contributed by atoms with van der Waals surface area (Å²) in [6, 6.07) is 0. The van der Waals surface area contributed by atoms with Crippen LogP contribution in [0.3, 0.4) is 0 Å². The molecule has 2 N–H and O–H groups in total. The lowest BCUT2D eigenvalue weighted by atomic mass is 10.3. The van der Waals surface area contributed by atoms with Gasteiger partial charge in [0.15, 0.2) is 5.82 Å². The minimum atomic E-state index is 0. The molecule has 0 spiro atoms. The van der Waals surface area contributed by atoms with E-state index < -0.39 is 0 Å². The third-order valence-electron chi connectivity index (χ3n) is 2.58. The summed E-state index contributed by atoms with van der Waals surface area (Å²) in [6.45, 7) is 0.452. The minimum absolute atomic E-state index is 0. The molecule has 0 radical (unpaired) electrons. The van der Waals surface area contributed by atoms with Crippen molar-refractivity contribution in [1.29, 1.82) is 0 Å². The molecule has 0 bridgehead atoms. The number of nitrogens with two attached hydrogens (primary N) is 1. The molecule has 0 saturated heterocycles. The summed E-state index contributed by atoms with van der Waals surface area (Å²) in [4.78, 5) is 8.64. The van der Waals surface area contributed by atoms with Crippen molar-refractivity contribution >= 4 is 23.7 Å². The summed E-state index contributed by atoms with van der Waals surface area (Å²) in [5.41, 5.74) is 6.24. The number of nitrogens with zero attached hydrogens (tertiary/aromatic N) is 3.